The van der Waals surface area contributed by atoms with Crippen LogP contribution in [-0.4, -0.2) is 58.3 Å². The molecule has 0 aromatic heterocycles. The van der Waals surface area contributed by atoms with Crippen molar-refractivity contribution in [3.05, 3.63) is 29.8 Å². The van der Waals surface area contributed by atoms with E-state index in [-0.39, 0.29) is 28.8 Å². The van der Waals surface area contributed by atoms with Crippen molar-refractivity contribution in [2.75, 3.05) is 25.4 Å². The smallest absolute Gasteiger partial charge is 0.289 e. The number of likely N-dealkylation sites (tertiary alicyclic amines) is 1. The number of carbonyl (C=O) groups excluding carboxylic acids is 3. The number of ether oxygens (including phenoxy) is 1. The molecule has 2 aliphatic rings. The predicted octanol–water partition coefficient (Wildman–Crippen LogP) is 1.53. The van der Waals surface area contributed by atoms with Gasteiger partial charge in [-0.05, 0) is 24.6 Å². The normalized spacial score (nSPS) is 18.3. The van der Waals surface area contributed by atoms with Gasteiger partial charge in [0.2, 0.25) is 11.8 Å². The molecule has 3 rings (SSSR count). The molecule has 7 heteroatoms. The third-order valence-electron chi connectivity index (χ3n) is 3.95. The van der Waals surface area contributed by atoms with Gasteiger partial charge in [0.05, 0.1) is 24.8 Å². The van der Waals surface area contributed by atoms with Gasteiger partial charge in [0.1, 0.15) is 5.75 Å². The second-order valence-corrected chi connectivity index (χ2v) is 6.45. The summed E-state index contributed by atoms with van der Waals surface area (Å²) >= 11 is 1.03. The second-order valence-electron chi connectivity index (χ2n) is 5.52. The molecule has 0 saturated carbocycles. The van der Waals surface area contributed by atoms with Crippen molar-refractivity contribution < 1.29 is 19.1 Å². The van der Waals surface area contributed by atoms with E-state index in [2.05, 4.69) is 0 Å². The summed E-state index contributed by atoms with van der Waals surface area (Å²) in [6.07, 6.45) is 0.315. The highest BCUT2D eigenvalue weighted by atomic mass is 32.2. The largest absolute Gasteiger partial charge is 0.494 e. The first-order valence-corrected chi connectivity index (χ1v) is 8.55. The third-order valence-corrected chi connectivity index (χ3v) is 4.79. The molecule has 1 aromatic rings. The lowest BCUT2D eigenvalue weighted by Crippen LogP contribution is -2.62. The average molecular weight is 334 g/mol. The Morgan fingerprint density at radius 1 is 1.26 bits per heavy atom. The van der Waals surface area contributed by atoms with Crippen LogP contribution in [0.4, 0.5) is 4.79 Å². The average Bonchev–Trinajstić information content (AvgIpc) is 2.80. The highest BCUT2D eigenvalue weighted by molar-refractivity contribution is 8.14. The molecule has 0 unspecified atom stereocenters. The summed E-state index contributed by atoms with van der Waals surface area (Å²) in [7, 11) is 0. The van der Waals surface area contributed by atoms with Crippen LogP contribution in [0.1, 0.15) is 12.5 Å². The highest BCUT2D eigenvalue weighted by Gasteiger charge is 2.43. The number of nitrogens with zero attached hydrogens (tertiary/aromatic N) is 2. The van der Waals surface area contributed by atoms with Crippen molar-refractivity contribution in [1.29, 1.82) is 0 Å². The molecule has 0 N–H and O–H groups in total. The van der Waals surface area contributed by atoms with E-state index in [9.17, 15) is 14.4 Å². The number of hydrogen-bond acceptors (Lipinski definition) is 5. The Kier molecular flexibility index (Phi) is 4.56. The summed E-state index contributed by atoms with van der Waals surface area (Å²) in [6, 6.07) is 7.30. The van der Waals surface area contributed by atoms with Gasteiger partial charge in [-0.2, -0.15) is 0 Å². The van der Waals surface area contributed by atoms with Crippen LogP contribution in [0.2, 0.25) is 0 Å². The molecular weight excluding hydrogens is 316 g/mol. The number of hydrogen-bond donors (Lipinski definition) is 0. The van der Waals surface area contributed by atoms with E-state index < -0.39 is 0 Å². The molecular formula is C16H18N2O4S. The van der Waals surface area contributed by atoms with Crippen LogP contribution in [0.3, 0.4) is 0 Å². The Morgan fingerprint density at radius 3 is 2.52 bits per heavy atom. The van der Waals surface area contributed by atoms with Gasteiger partial charge in [0.15, 0.2) is 0 Å². The van der Waals surface area contributed by atoms with E-state index >= 15 is 0 Å². The van der Waals surface area contributed by atoms with Crippen LogP contribution in [-0.2, 0) is 16.0 Å². The Bertz CT molecular complexity index is 609. The molecule has 23 heavy (non-hydrogen) atoms. The second kappa shape index (κ2) is 6.62. The first kappa shape index (κ1) is 15.9. The highest BCUT2D eigenvalue weighted by Crippen LogP contribution is 2.26. The van der Waals surface area contributed by atoms with Gasteiger partial charge < -0.3 is 9.64 Å². The zero-order chi connectivity index (χ0) is 16.4. The molecule has 0 aliphatic carbocycles. The van der Waals surface area contributed by atoms with Crippen molar-refractivity contribution in [2.24, 2.45) is 0 Å². The van der Waals surface area contributed by atoms with Gasteiger partial charge in [0, 0.05) is 13.1 Å². The number of amides is 3. The van der Waals surface area contributed by atoms with Crippen LogP contribution in [0.15, 0.2) is 24.3 Å². The maximum Gasteiger partial charge on any atom is 0.289 e. The molecule has 2 heterocycles. The molecule has 122 valence electrons. The quantitative estimate of drug-likeness (QED) is 0.817. The molecule has 3 amide bonds. The Balaban J connectivity index is 1.51. The fourth-order valence-electron chi connectivity index (χ4n) is 2.70. The van der Waals surface area contributed by atoms with Crippen LogP contribution >= 0.6 is 11.8 Å². The van der Waals surface area contributed by atoms with Gasteiger partial charge in [-0.3, -0.25) is 19.3 Å². The maximum absolute atomic E-state index is 12.2. The Labute approximate surface area is 138 Å². The van der Waals surface area contributed by atoms with Gasteiger partial charge in [-0.25, -0.2) is 0 Å². The van der Waals surface area contributed by atoms with Crippen molar-refractivity contribution in [2.45, 2.75) is 19.4 Å². The van der Waals surface area contributed by atoms with Gasteiger partial charge >= 0.3 is 0 Å². The molecule has 2 fully saturated rings. The minimum atomic E-state index is -0.196. The molecule has 2 saturated heterocycles. The van der Waals surface area contributed by atoms with Crippen LogP contribution in [0, 0.1) is 0 Å². The van der Waals surface area contributed by atoms with Gasteiger partial charge in [0.25, 0.3) is 5.24 Å². The minimum absolute atomic E-state index is 0.0113. The summed E-state index contributed by atoms with van der Waals surface area (Å²) < 4.78 is 5.37. The Morgan fingerprint density at radius 2 is 1.96 bits per heavy atom. The topological polar surface area (TPSA) is 66.9 Å². The predicted molar refractivity (Wildman–Crippen MR) is 86.4 cm³/mol. The number of carbonyl (C=O) groups is 3. The van der Waals surface area contributed by atoms with E-state index in [1.54, 1.807) is 4.90 Å². The van der Waals surface area contributed by atoms with Crippen LogP contribution < -0.4 is 4.74 Å². The summed E-state index contributed by atoms with van der Waals surface area (Å²) in [5.41, 5.74) is 0.922. The van der Waals surface area contributed by atoms with E-state index in [1.807, 2.05) is 31.2 Å². The zero-order valence-corrected chi connectivity index (χ0v) is 13.7. The van der Waals surface area contributed by atoms with E-state index in [0.717, 1.165) is 23.1 Å². The fraction of sp³-hybridized carbons (Fsp3) is 0.438. The standard InChI is InChI=1S/C16H18N2O4S/c1-2-22-13-5-3-11(4-6-13)7-14(19)17-8-12(9-17)18-15(20)10-23-16(18)21/h3-6,12H,2,7-10H2,1H3. The molecule has 2 aliphatic heterocycles. The van der Waals surface area contributed by atoms with E-state index in [4.69, 9.17) is 4.74 Å². The fourth-order valence-corrected chi connectivity index (χ4v) is 3.47. The van der Waals surface area contributed by atoms with Crippen LogP contribution in [0.5, 0.6) is 5.75 Å². The van der Waals surface area contributed by atoms with Gasteiger partial charge in [-0.15, -0.1) is 0 Å². The summed E-state index contributed by atoms with van der Waals surface area (Å²) in [5, 5.41) is -0.196. The lowest BCUT2D eigenvalue weighted by atomic mass is 10.0. The number of thioether (sulfide) groups is 1. The summed E-state index contributed by atoms with van der Waals surface area (Å²) in [5.74, 6) is 0.868. The van der Waals surface area contributed by atoms with Gasteiger partial charge in [-0.1, -0.05) is 23.9 Å². The lowest BCUT2D eigenvalue weighted by Gasteiger charge is -2.42. The number of rotatable bonds is 5. The number of imide groups is 1. The Hall–Kier alpha value is -2.02. The lowest BCUT2D eigenvalue weighted by molar-refractivity contribution is -0.141. The third kappa shape index (κ3) is 3.34. The molecule has 0 bridgehead atoms. The van der Waals surface area contributed by atoms with E-state index in [0.29, 0.717) is 26.1 Å². The van der Waals surface area contributed by atoms with Crippen molar-refractivity contribution >= 4 is 28.8 Å². The SMILES string of the molecule is CCOc1ccc(CC(=O)N2CC(N3C(=O)CSC3=O)C2)cc1. The number of benzene rings is 1. The van der Waals surface area contributed by atoms with Crippen LogP contribution in [0.25, 0.3) is 0 Å². The molecule has 0 spiro atoms. The van der Waals surface area contributed by atoms with Crippen molar-refractivity contribution in [3.63, 3.8) is 0 Å². The first-order valence-electron chi connectivity index (χ1n) is 7.57. The van der Waals surface area contributed by atoms with Crippen molar-refractivity contribution in [3.8, 4) is 5.75 Å². The molecule has 0 radical (unpaired) electrons. The zero-order valence-electron chi connectivity index (χ0n) is 12.9. The van der Waals surface area contributed by atoms with E-state index in [1.165, 1.54) is 4.90 Å². The first-order chi connectivity index (χ1) is 11.1. The maximum atomic E-state index is 12.2. The molecule has 6 nitrogen and oxygen atoms in total. The monoisotopic (exact) mass is 334 g/mol. The molecule has 0 atom stereocenters. The summed E-state index contributed by atoms with van der Waals surface area (Å²) in [6.45, 7) is 3.41. The van der Waals surface area contributed by atoms with Crippen molar-refractivity contribution in [1.82, 2.24) is 9.80 Å². The molecule has 1 aromatic carbocycles. The minimum Gasteiger partial charge on any atom is -0.494 e. The summed E-state index contributed by atoms with van der Waals surface area (Å²) in [4.78, 5) is 38.5.